The van der Waals surface area contributed by atoms with Crippen molar-refractivity contribution in [1.29, 1.82) is 0 Å². The first-order valence-electron chi connectivity index (χ1n) is 5.69. The van der Waals surface area contributed by atoms with Crippen molar-refractivity contribution in [3.05, 3.63) is 61.6 Å². The van der Waals surface area contributed by atoms with E-state index in [4.69, 9.17) is 17.3 Å². The molecule has 0 aliphatic rings. The number of benzene rings is 2. The fourth-order valence-corrected chi connectivity index (χ4v) is 2.41. The van der Waals surface area contributed by atoms with Gasteiger partial charge in [0.25, 0.3) is 11.6 Å². The molecule has 0 aliphatic heterocycles. The van der Waals surface area contributed by atoms with Crippen molar-refractivity contribution in [2.75, 3.05) is 11.1 Å². The van der Waals surface area contributed by atoms with E-state index < -0.39 is 10.8 Å². The van der Waals surface area contributed by atoms with E-state index in [1.807, 2.05) is 0 Å². The molecule has 2 rings (SSSR count). The van der Waals surface area contributed by atoms with E-state index in [2.05, 4.69) is 21.2 Å². The van der Waals surface area contributed by atoms with E-state index in [1.165, 1.54) is 12.1 Å². The average molecular weight is 371 g/mol. The number of carbonyl (C=O) groups excluding carboxylic acids is 1. The van der Waals surface area contributed by atoms with Gasteiger partial charge in [-0.1, -0.05) is 11.6 Å². The average Bonchev–Trinajstić information content (AvgIpc) is 2.42. The number of rotatable bonds is 3. The van der Waals surface area contributed by atoms with Crippen LogP contribution in [0.4, 0.5) is 17.1 Å². The van der Waals surface area contributed by atoms with Crippen molar-refractivity contribution in [3.8, 4) is 0 Å². The Hall–Kier alpha value is -2.12. The van der Waals surface area contributed by atoms with Gasteiger partial charge in [-0.2, -0.15) is 0 Å². The molecule has 0 heterocycles. The molecule has 0 aromatic heterocycles. The molecule has 0 saturated carbocycles. The Labute approximate surface area is 133 Å². The number of hydrogen-bond donors (Lipinski definition) is 2. The minimum atomic E-state index is -0.635. The third-order valence-electron chi connectivity index (χ3n) is 2.67. The number of carbonyl (C=O) groups is 1. The van der Waals surface area contributed by atoms with E-state index >= 15 is 0 Å². The molecule has 0 aliphatic carbocycles. The zero-order valence-corrected chi connectivity index (χ0v) is 12.8. The first-order chi connectivity index (χ1) is 9.88. The van der Waals surface area contributed by atoms with Crippen LogP contribution in [0.5, 0.6) is 0 Å². The highest BCUT2D eigenvalue weighted by atomic mass is 79.9. The SMILES string of the molecule is Nc1ccc(C(=O)Nc2ccc(Cl)cc2Br)cc1[N+](=O)[O-]. The summed E-state index contributed by atoms with van der Waals surface area (Å²) < 4.78 is 0.605. The second kappa shape index (κ2) is 6.11. The summed E-state index contributed by atoms with van der Waals surface area (Å²) in [6.07, 6.45) is 0. The van der Waals surface area contributed by atoms with Crippen LogP contribution in [0, 0.1) is 10.1 Å². The summed E-state index contributed by atoms with van der Waals surface area (Å²) in [4.78, 5) is 22.3. The van der Waals surface area contributed by atoms with E-state index in [0.717, 1.165) is 6.07 Å². The van der Waals surface area contributed by atoms with E-state index in [9.17, 15) is 14.9 Å². The minimum Gasteiger partial charge on any atom is -0.393 e. The molecule has 0 radical (unpaired) electrons. The number of nitrogen functional groups attached to an aromatic ring is 1. The second-order valence-corrected chi connectivity index (χ2v) is 5.40. The molecule has 3 N–H and O–H groups in total. The maximum atomic E-state index is 12.1. The Kier molecular flexibility index (Phi) is 4.44. The van der Waals surface area contributed by atoms with Gasteiger partial charge in [0, 0.05) is 21.1 Å². The van der Waals surface area contributed by atoms with Gasteiger partial charge < -0.3 is 11.1 Å². The second-order valence-electron chi connectivity index (χ2n) is 4.11. The van der Waals surface area contributed by atoms with Crippen molar-refractivity contribution in [3.63, 3.8) is 0 Å². The number of hydrogen-bond acceptors (Lipinski definition) is 4. The number of anilines is 2. The largest absolute Gasteiger partial charge is 0.393 e. The summed E-state index contributed by atoms with van der Waals surface area (Å²) in [5.74, 6) is -0.485. The fourth-order valence-electron chi connectivity index (χ4n) is 1.63. The van der Waals surface area contributed by atoms with Gasteiger partial charge in [0.1, 0.15) is 5.69 Å². The van der Waals surface area contributed by atoms with Crippen LogP contribution in [-0.2, 0) is 0 Å². The summed E-state index contributed by atoms with van der Waals surface area (Å²) in [5.41, 5.74) is 5.83. The fraction of sp³-hybridized carbons (Fsp3) is 0. The normalized spacial score (nSPS) is 10.2. The smallest absolute Gasteiger partial charge is 0.292 e. The molecule has 0 spiro atoms. The summed E-state index contributed by atoms with van der Waals surface area (Å²) in [5, 5.41) is 14.0. The number of nitro benzene ring substituents is 1. The summed E-state index contributed by atoms with van der Waals surface area (Å²) >= 11 is 9.08. The highest BCUT2D eigenvalue weighted by Crippen LogP contribution is 2.27. The first-order valence-corrected chi connectivity index (χ1v) is 6.86. The van der Waals surface area contributed by atoms with Crippen molar-refractivity contribution in [1.82, 2.24) is 0 Å². The molecule has 0 bridgehead atoms. The highest BCUT2D eigenvalue weighted by Gasteiger charge is 2.16. The summed E-state index contributed by atoms with van der Waals surface area (Å²) in [6.45, 7) is 0. The molecule has 108 valence electrons. The Morgan fingerprint density at radius 1 is 1.29 bits per heavy atom. The lowest BCUT2D eigenvalue weighted by atomic mass is 10.1. The van der Waals surface area contributed by atoms with Crippen LogP contribution in [-0.4, -0.2) is 10.8 Å². The third kappa shape index (κ3) is 3.50. The first kappa shape index (κ1) is 15.3. The lowest BCUT2D eigenvalue weighted by Crippen LogP contribution is -2.13. The predicted molar refractivity (Wildman–Crippen MR) is 84.6 cm³/mol. The number of nitrogens with zero attached hydrogens (tertiary/aromatic N) is 1. The topological polar surface area (TPSA) is 98.3 Å². The minimum absolute atomic E-state index is 0.00391. The Morgan fingerprint density at radius 3 is 2.62 bits per heavy atom. The molecule has 0 fully saturated rings. The molecule has 2 aromatic rings. The standard InChI is InChI=1S/C13H9BrClN3O3/c14-9-6-8(15)2-4-11(9)17-13(19)7-1-3-10(16)12(5-7)18(20)21/h1-6H,16H2,(H,17,19). The van der Waals surface area contributed by atoms with Gasteiger partial charge in [-0.3, -0.25) is 14.9 Å². The quantitative estimate of drug-likeness (QED) is 0.487. The van der Waals surface area contributed by atoms with Crippen molar-refractivity contribution < 1.29 is 9.72 Å². The van der Waals surface area contributed by atoms with Gasteiger partial charge in [0.05, 0.1) is 10.6 Å². The van der Waals surface area contributed by atoms with Crippen LogP contribution in [0.25, 0.3) is 0 Å². The van der Waals surface area contributed by atoms with Gasteiger partial charge in [0.15, 0.2) is 0 Å². The van der Waals surface area contributed by atoms with Gasteiger partial charge in [0.2, 0.25) is 0 Å². The van der Waals surface area contributed by atoms with Gasteiger partial charge >= 0.3 is 0 Å². The van der Waals surface area contributed by atoms with Crippen LogP contribution < -0.4 is 11.1 Å². The number of halogens is 2. The molecule has 6 nitrogen and oxygen atoms in total. The molecule has 2 aromatic carbocycles. The molecule has 0 atom stereocenters. The van der Waals surface area contributed by atoms with Crippen molar-refractivity contribution in [2.24, 2.45) is 0 Å². The maximum Gasteiger partial charge on any atom is 0.292 e. The Bertz CT molecular complexity index is 737. The Morgan fingerprint density at radius 2 is 2.00 bits per heavy atom. The summed E-state index contributed by atoms with van der Waals surface area (Å²) in [6, 6.07) is 8.74. The number of amides is 1. The van der Waals surface area contributed by atoms with Crippen molar-refractivity contribution >= 4 is 50.5 Å². The number of nitro groups is 1. The lowest BCUT2D eigenvalue weighted by molar-refractivity contribution is -0.383. The maximum absolute atomic E-state index is 12.1. The highest BCUT2D eigenvalue weighted by molar-refractivity contribution is 9.10. The predicted octanol–water partition coefficient (Wildman–Crippen LogP) is 3.85. The monoisotopic (exact) mass is 369 g/mol. The van der Waals surface area contributed by atoms with Crippen LogP contribution in [0.3, 0.4) is 0 Å². The molecular formula is C13H9BrClN3O3. The van der Waals surface area contributed by atoms with Crippen molar-refractivity contribution in [2.45, 2.75) is 0 Å². The molecule has 0 unspecified atom stereocenters. The van der Waals surface area contributed by atoms with Gasteiger partial charge in [-0.05, 0) is 46.3 Å². The van der Waals surface area contributed by atoms with Crippen LogP contribution >= 0.6 is 27.5 Å². The molecular weight excluding hydrogens is 362 g/mol. The van der Waals surface area contributed by atoms with Crippen LogP contribution in [0.1, 0.15) is 10.4 Å². The Balaban J connectivity index is 2.28. The number of nitrogens with one attached hydrogen (secondary N) is 1. The molecule has 8 heteroatoms. The molecule has 0 saturated heterocycles. The van der Waals surface area contributed by atoms with E-state index in [1.54, 1.807) is 18.2 Å². The van der Waals surface area contributed by atoms with Gasteiger partial charge in [-0.25, -0.2) is 0 Å². The zero-order valence-electron chi connectivity index (χ0n) is 10.5. The molecule has 21 heavy (non-hydrogen) atoms. The molecule has 1 amide bonds. The van der Waals surface area contributed by atoms with E-state index in [-0.39, 0.29) is 16.9 Å². The van der Waals surface area contributed by atoms with Crippen LogP contribution in [0.15, 0.2) is 40.9 Å². The third-order valence-corrected chi connectivity index (χ3v) is 3.56. The summed E-state index contributed by atoms with van der Waals surface area (Å²) in [7, 11) is 0. The zero-order chi connectivity index (χ0) is 15.6. The number of nitrogens with two attached hydrogens (primary N) is 1. The van der Waals surface area contributed by atoms with Crippen LogP contribution in [0.2, 0.25) is 5.02 Å². The van der Waals surface area contributed by atoms with Gasteiger partial charge in [-0.15, -0.1) is 0 Å². The van der Waals surface area contributed by atoms with E-state index in [0.29, 0.717) is 15.2 Å². The lowest BCUT2D eigenvalue weighted by Gasteiger charge is -2.08.